The molecular formula is C15H19NO6. The Labute approximate surface area is 128 Å². The summed E-state index contributed by atoms with van der Waals surface area (Å²) in [7, 11) is 2.82. The first-order chi connectivity index (χ1) is 10.5. The molecule has 0 spiro atoms. The zero-order chi connectivity index (χ0) is 16.5. The van der Waals surface area contributed by atoms with Gasteiger partial charge in [-0.25, -0.2) is 4.79 Å². The van der Waals surface area contributed by atoms with E-state index >= 15 is 0 Å². The zero-order valence-electron chi connectivity index (χ0n) is 12.5. The average molecular weight is 309 g/mol. The van der Waals surface area contributed by atoms with Gasteiger partial charge in [-0.1, -0.05) is 12.1 Å². The molecule has 1 aromatic rings. The largest absolute Gasteiger partial charge is 0.496 e. The van der Waals surface area contributed by atoms with Crippen LogP contribution in [-0.2, 0) is 9.53 Å². The van der Waals surface area contributed by atoms with E-state index in [0.717, 1.165) is 0 Å². The summed E-state index contributed by atoms with van der Waals surface area (Å²) in [6.45, 7) is 3.48. The van der Waals surface area contributed by atoms with E-state index in [2.05, 4.69) is 11.9 Å². The molecular weight excluding hydrogens is 290 g/mol. The molecule has 1 aromatic carbocycles. The Morgan fingerprint density at radius 2 is 1.91 bits per heavy atom. The van der Waals surface area contributed by atoms with Crippen molar-refractivity contribution in [2.75, 3.05) is 27.4 Å². The maximum Gasteiger partial charge on any atom is 0.328 e. The highest BCUT2D eigenvalue weighted by Crippen LogP contribution is 2.28. The van der Waals surface area contributed by atoms with Crippen molar-refractivity contribution < 1.29 is 28.9 Å². The van der Waals surface area contributed by atoms with Crippen molar-refractivity contribution in [1.82, 2.24) is 5.32 Å². The number of carbonyl (C=O) groups excluding carboxylic acids is 1. The number of benzene rings is 1. The molecule has 0 fully saturated rings. The highest BCUT2D eigenvalue weighted by molar-refractivity contribution is 6.01. The van der Waals surface area contributed by atoms with E-state index in [0.29, 0.717) is 0 Å². The topological polar surface area (TPSA) is 94.1 Å². The van der Waals surface area contributed by atoms with Crippen LogP contribution in [0.5, 0.6) is 11.5 Å². The first-order valence-corrected chi connectivity index (χ1v) is 6.48. The molecule has 1 atom stereocenters. The van der Waals surface area contributed by atoms with Crippen molar-refractivity contribution in [3.8, 4) is 11.5 Å². The number of ether oxygens (including phenoxy) is 3. The van der Waals surface area contributed by atoms with Crippen LogP contribution in [0, 0.1) is 0 Å². The van der Waals surface area contributed by atoms with Crippen LogP contribution < -0.4 is 14.8 Å². The fourth-order valence-corrected chi connectivity index (χ4v) is 1.75. The first-order valence-electron chi connectivity index (χ1n) is 6.48. The number of nitrogens with one attached hydrogen (secondary N) is 1. The fourth-order valence-electron chi connectivity index (χ4n) is 1.75. The second kappa shape index (κ2) is 8.68. The lowest BCUT2D eigenvalue weighted by Crippen LogP contribution is -2.44. The number of carbonyl (C=O) groups is 2. The summed E-state index contributed by atoms with van der Waals surface area (Å²) < 4.78 is 15.3. The SMILES string of the molecule is C=CCOCC(NC(=O)c1c(OC)cccc1OC)C(=O)O. The quantitative estimate of drug-likeness (QED) is 0.524. The van der Waals surface area contributed by atoms with Gasteiger partial charge in [0.15, 0.2) is 6.04 Å². The molecule has 0 heterocycles. The highest BCUT2D eigenvalue weighted by atomic mass is 16.5. The Balaban J connectivity index is 2.94. The summed E-state index contributed by atoms with van der Waals surface area (Å²) in [4.78, 5) is 23.5. The van der Waals surface area contributed by atoms with Gasteiger partial charge in [0.05, 0.1) is 27.4 Å². The lowest BCUT2D eigenvalue weighted by atomic mass is 10.1. The lowest BCUT2D eigenvalue weighted by molar-refractivity contribution is -0.140. The number of aliphatic carboxylic acids is 1. The minimum Gasteiger partial charge on any atom is -0.496 e. The monoisotopic (exact) mass is 309 g/mol. The first kappa shape index (κ1) is 17.5. The van der Waals surface area contributed by atoms with Crippen LogP contribution in [0.25, 0.3) is 0 Å². The third-order valence-corrected chi connectivity index (χ3v) is 2.78. The predicted molar refractivity (Wildman–Crippen MR) is 79.5 cm³/mol. The molecule has 0 aliphatic rings. The van der Waals surface area contributed by atoms with Gasteiger partial charge in [-0.2, -0.15) is 0 Å². The Bertz CT molecular complexity index is 521. The fraction of sp³-hybridized carbons (Fsp3) is 0.333. The summed E-state index contributed by atoms with van der Waals surface area (Å²) in [5.41, 5.74) is 0.127. The van der Waals surface area contributed by atoms with Crippen molar-refractivity contribution in [1.29, 1.82) is 0 Å². The number of amides is 1. The number of hydrogen-bond acceptors (Lipinski definition) is 5. The van der Waals surface area contributed by atoms with Crippen LogP contribution in [0.2, 0.25) is 0 Å². The molecule has 7 heteroatoms. The minimum atomic E-state index is -1.20. The molecule has 0 aliphatic carbocycles. The van der Waals surface area contributed by atoms with Gasteiger partial charge in [-0.3, -0.25) is 4.79 Å². The van der Waals surface area contributed by atoms with E-state index in [-0.39, 0.29) is 30.3 Å². The molecule has 0 radical (unpaired) electrons. The summed E-state index contributed by atoms with van der Waals surface area (Å²) in [5.74, 6) is -1.25. The molecule has 0 aromatic heterocycles. The zero-order valence-corrected chi connectivity index (χ0v) is 12.5. The normalized spacial score (nSPS) is 11.4. The summed E-state index contributed by atoms with van der Waals surface area (Å²) >= 11 is 0. The van der Waals surface area contributed by atoms with Gasteiger partial charge in [0.25, 0.3) is 5.91 Å². The van der Waals surface area contributed by atoms with E-state index in [1.54, 1.807) is 18.2 Å². The molecule has 1 unspecified atom stereocenters. The smallest absolute Gasteiger partial charge is 0.328 e. The van der Waals surface area contributed by atoms with Crippen molar-refractivity contribution in [2.45, 2.75) is 6.04 Å². The molecule has 0 aliphatic heterocycles. The maximum atomic E-state index is 12.3. The van der Waals surface area contributed by atoms with E-state index in [1.807, 2.05) is 0 Å². The van der Waals surface area contributed by atoms with Gasteiger partial charge < -0.3 is 24.6 Å². The van der Waals surface area contributed by atoms with Crippen molar-refractivity contribution in [3.05, 3.63) is 36.4 Å². The van der Waals surface area contributed by atoms with Gasteiger partial charge in [0.1, 0.15) is 17.1 Å². The number of hydrogen-bond donors (Lipinski definition) is 2. The van der Waals surface area contributed by atoms with E-state index < -0.39 is 17.9 Å². The number of rotatable bonds is 9. The molecule has 1 rings (SSSR count). The van der Waals surface area contributed by atoms with Gasteiger partial charge >= 0.3 is 5.97 Å². The Morgan fingerprint density at radius 3 is 2.36 bits per heavy atom. The number of carboxylic acids is 1. The van der Waals surface area contributed by atoms with E-state index in [4.69, 9.17) is 19.3 Å². The standard InChI is InChI=1S/C15H19NO6/c1-4-8-22-9-10(15(18)19)16-14(17)13-11(20-2)6-5-7-12(13)21-3/h4-7,10H,1,8-9H2,2-3H3,(H,16,17)(H,18,19). The molecule has 120 valence electrons. The van der Waals surface area contributed by atoms with Gasteiger partial charge in [0.2, 0.25) is 0 Å². The Hall–Kier alpha value is -2.54. The van der Waals surface area contributed by atoms with Crippen LogP contribution in [0.1, 0.15) is 10.4 Å². The summed E-state index contributed by atoms with van der Waals surface area (Å²) in [6, 6.07) is 3.64. The third kappa shape index (κ3) is 4.49. The average Bonchev–Trinajstić information content (AvgIpc) is 2.52. The minimum absolute atomic E-state index is 0.127. The molecule has 0 saturated heterocycles. The van der Waals surface area contributed by atoms with E-state index in [9.17, 15) is 9.59 Å². The highest BCUT2D eigenvalue weighted by Gasteiger charge is 2.25. The second-order valence-electron chi connectivity index (χ2n) is 4.23. The molecule has 22 heavy (non-hydrogen) atoms. The van der Waals surface area contributed by atoms with Gasteiger partial charge in [-0.05, 0) is 12.1 Å². The molecule has 1 amide bonds. The lowest BCUT2D eigenvalue weighted by Gasteiger charge is -2.17. The number of methoxy groups -OCH3 is 2. The second-order valence-corrected chi connectivity index (χ2v) is 4.23. The predicted octanol–water partition coefficient (Wildman–Crippen LogP) is 1.09. The molecule has 0 saturated carbocycles. The Morgan fingerprint density at radius 1 is 1.32 bits per heavy atom. The number of carboxylic acid groups (broad SMARTS) is 1. The van der Waals surface area contributed by atoms with E-state index in [1.165, 1.54) is 20.3 Å². The summed E-state index contributed by atoms with van der Waals surface area (Å²) in [5, 5.41) is 11.5. The molecule has 0 bridgehead atoms. The third-order valence-electron chi connectivity index (χ3n) is 2.78. The van der Waals surface area contributed by atoms with Gasteiger partial charge in [0, 0.05) is 0 Å². The van der Waals surface area contributed by atoms with Gasteiger partial charge in [-0.15, -0.1) is 6.58 Å². The van der Waals surface area contributed by atoms with Crippen LogP contribution in [-0.4, -0.2) is 50.5 Å². The van der Waals surface area contributed by atoms with Crippen molar-refractivity contribution in [3.63, 3.8) is 0 Å². The maximum absolute atomic E-state index is 12.3. The Kier molecular flexibility index (Phi) is 6.91. The van der Waals surface area contributed by atoms with Crippen LogP contribution in [0.15, 0.2) is 30.9 Å². The summed E-state index contributed by atoms with van der Waals surface area (Å²) in [6.07, 6.45) is 1.49. The molecule has 2 N–H and O–H groups in total. The molecule has 7 nitrogen and oxygen atoms in total. The van der Waals surface area contributed by atoms with Crippen molar-refractivity contribution >= 4 is 11.9 Å². The van der Waals surface area contributed by atoms with Crippen molar-refractivity contribution in [2.24, 2.45) is 0 Å². The van der Waals surface area contributed by atoms with Crippen LogP contribution in [0.3, 0.4) is 0 Å². The van der Waals surface area contributed by atoms with Crippen LogP contribution in [0.4, 0.5) is 0 Å². The van der Waals surface area contributed by atoms with Crippen LogP contribution >= 0.6 is 0 Å².